The number of hydrogen-bond donors (Lipinski definition) is 1. The zero-order valence-corrected chi connectivity index (χ0v) is 10.7. The van der Waals surface area contributed by atoms with Crippen LogP contribution >= 0.6 is 11.6 Å². The average molecular weight is 260 g/mol. The molecular formula is C15H14ClNO. The molecule has 0 atom stereocenters. The van der Waals surface area contributed by atoms with Crippen LogP contribution in [0.25, 0.3) is 0 Å². The van der Waals surface area contributed by atoms with Crippen LogP contribution in [0.5, 0.6) is 0 Å². The lowest BCUT2D eigenvalue weighted by atomic mass is 10.1. The summed E-state index contributed by atoms with van der Waals surface area (Å²) >= 11 is 6.28. The predicted octanol–water partition coefficient (Wildman–Crippen LogP) is 3.35. The van der Waals surface area contributed by atoms with E-state index in [2.05, 4.69) is 29.2 Å². The first-order chi connectivity index (χ1) is 8.79. The molecule has 1 N–H and O–H groups in total. The lowest BCUT2D eigenvalue weighted by molar-refractivity contribution is 0.282. The third-order valence-corrected chi connectivity index (χ3v) is 3.70. The molecule has 1 aliphatic rings. The van der Waals surface area contributed by atoms with Gasteiger partial charge in [-0.2, -0.15) is 0 Å². The van der Waals surface area contributed by atoms with Crippen molar-refractivity contribution in [2.75, 3.05) is 4.90 Å². The zero-order chi connectivity index (χ0) is 12.5. The van der Waals surface area contributed by atoms with Crippen molar-refractivity contribution in [1.82, 2.24) is 0 Å². The van der Waals surface area contributed by atoms with Crippen LogP contribution in [0.15, 0.2) is 42.5 Å². The highest BCUT2D eigenvalue weighted by molar-refractivity contribution is 6.33. The van der Waals surface area contributed by atoms with Crippen LogP contribution in [0.2, 0.25) is 5.02 Å². The Kier molecular flexibility index (Phi) is 2.98. The highest BCUT2D eigenvalue weighted by Crippen LogP contribution is 2.35. The molecule has 0 bridgehead atoms. The molecule has 1 aliphatic heterocycles. The summed E-state index contributed by atoms with van der Waals surface area (Å²) in [6, 6.07) is 14.1. The molecule has 0 aliphatic carbocycles. The summed E-state index contributed by atoms with van der Waals surface area (Å²) in [7, 11) is 0. The Balaban J connectivity index is 2.00. The highest BCUT2D eigenvalue weighted by Gasteiger charge is 2.22. The number of anilines is 1. The topological polar surface area (TPSA) is 23.5 Å². The molecule has 2 aromatic rings. The van der Waals surface area contributed by atoms with E-state index >= 15 is 0 Å². The van der Waals surface area contributed by atoms with E-state index in [1.54, 1.807) is 0 Å². The third-order valence-electron chi connectivity index (χ3n) is 3.40. The Morgan fingerprint density at radius 3 is 2.28 bits per heavy atom. The van der Waals surface area contributed by atoms with Crippen LogP contribution in [-0.2, 0) is 19.7 Å². The number of aliphatic hydroxyl groups excluding tert-OH is 1. The molecule has 3 rings (SSSR count). The van der Waals surface area contributed by atoms with Crippen molar-refractivity contribution in [3.63, 3.8) is 0 Å². The summed E-state index contributed by atoms with van der Waals surface area (Å²) in [5.41, 5.74) is 4.51. The summed E-state index contributed by atoms with van der Waals surface area (Å²) in [4.78, 5) is 2.22. The average Bonchev–Trinajstić information content (AvgIpc) is 2.81. The minimum absolute atomic E-state index is 0.0166. The molecule has 0 spiro atoms. The van der Waals surface area contributed by atoms with Gasteiger partial charge in [0, 0.05) is 18.7 Å². The van der Waals surface area contributed by atoms with Gasteiger partial charge >= 0.3 is 0 Å². The largest absolute Gasteiger partial charge is 0.392 e. The molecule has 2 nitrogen and oxygen atoms in total. The molecule has 0 saturated heterocycles. The molecule has 3 heteroatoms. The van der Waals surface area contributed by atoms with Crippen LogP contribution in [0, 0.1) is 0 Å². The molecule has 0 saturated carbocycles. The van der Waals surface area contributed by atoms with E-state index in [0.717, 1.165) is 24.3 Å². The number of rotatable bonds is 2. The van der Waals surface area contributed by atoms with Gasteiger partial charge in [0.15, 0.2) is 0 Å². The van der Waals surface area contributed by atoms with Crippen molar-refractivity contribution in [3.05, 3.63) is 64.2 Å². The third kappa shape index (κ3) is 1.88. The minimum atomic E-state index is 0.0166. The maximum absolute atomic E-state index is 9.43. The van der Waals surface area contributed by atoms with E-state index in [1.165, 1.54) is 11.1 Å². The molecule has 1 heterocycles. The van der Waals surface area contributed by atoms with Gasteiger partial charge in [0.25, 0.3) is 0 Å². The van der Waals surface area contributed by atoms with Gasteiger partial charge in [0.2, 0.25) is 0 Å². The maximum Gasteiger partial charge on any atom is 0.0702 e. The standard InChI is InChI=1S/C15H14ClNO/c16-14-7-3-6-13(10-18)15(14)17-8-11-4-1-2-5-12(11)9-17/h1-7,18H,8-10H2. The molecule has 0 unspecified atom stereocenters. The lowest BCUT2D eigenvalue weighted by Gasteiger charge is -2.22. The number of fused-ring (bicyclic) bond motifs is 1. The molecule has 0 fully saturated rings. The van der Waals surface area contributed by atoms with E-state index in [1.807, 2.05) is 18.2 Å². The molecule has 18 heavy (non-hydrogen) atoms. The Morgan fingerprint density at radius 2 is 1.67 bits per heavy atom. The number of para-hydroxylation sites is 1. The summed E-state index contributed by atoms with van der Waals surface area (Å²) in [5.74, 6) is 0. The van der Waals surface area contributed by atoms with Gasteiger partial charge in [-0.3, -0.25) is 0 Å². The van der Waals surface area contributed by atoms with Gasteiger partial charge in [0.1, 0.15) is 0 Å². The number of aliphatic hydroxyl groups is 1. The van der Waals surface area contributed by atoms with Crippen LogP contribution in [-0.4, -0.2) is 5.11 Å². The number of hydrogen-bond acceptors (Lipinski definition) is 2. The van der Waals surface area contributed by atoms with Crippen LogP contribution in [0.4, 0.5) is 5.69 Å². The number of benzene rings is 2. The van der Waals surface area contributed by atoms with Gasteiger partial charge in [-0.25, -0.2) is 0 Å². The second-order valence-electron chi connectivity index (χ2n) is 4.53. The van der Waals surface area contributed by atoms with Crippen LogP contribution < -0.4 is 4.90 Å². The molecule has 2 aromatic carbocycles. The first-order valence-electron chi connectivity index (χ1n) is 5.99. The summed E-state index contributed by atoms with van der Waals surface area (Å²) in [6.07, 6.45) is 0. The van der Waals surface area contributed by atoms with E-state index in [-0.39, 0.29) is 6.61 Å². The second kappa shape index (κ2) is 4.63. The van der Waals surface area contributed by atoms with Crippen LogP contribution in [0.1, 0.15) is 16.7 Å². The fourth-order valence-electron chi connectivity index (χ4n) is 2.53. The normalized spacial score (nSPS) is 13.8. The fourth-order valence-corrected chi connectivity index (χ4v) is 2.85. The SMILES string of the molecule is OCc1cccc(Cl)c1N1Cc2ccccc2C1. The monoisotopic (exact) mass is 259 g/mol. The summed E-state index contributed by atoms with van der Waals surface area (Å²) < 4.78 is 0. The van der Waals surface area contributed by atoms with Crippen molar-refractivity contribution in [3.8, 4) is 0 Å². The Labute approximate surface area is 111 Å². The summed E-state index contributed by atoms with van der Waals surface area (Å²) in [6.45, 7) is 1.72. The number of halogens is 1. The molecule has 0 aromatic heterocycles. The maximum atomic E-state index is 9.43. The smallest absolute Gasteiger partial charge is 0.0702 e. The van der Waals surface area contributed by atoms with Gasteiger partial charge in [-0.15, -0.1) is 0 Å². The van der Waals surface area contributed by atoms with Crippen molar-refractivity contribution >= 4 is 17.3 Å². The van der Waals surface area contributed by atoms with Gasteiger partial charge in [0.05, 0.1) is 17.3 Å². The van der Waals surface area contributed by atoms with Crippen molar-refractivity contribution < 1.29 is 5.11 Å². The van der Waals surface area contributed by atoms with Crippen molar-refractivity contribution in [1.29, 1.82) is 0 Å². The Morgan fingerprint density at radius 1 is 1.00 bits per heavy atom. The van der Waals surface area contributed by atoms with Crippen molar-refractivity contribution in [2.45, 2.75) is 19.7 Å². The molecule has 0 radical (unpaired) electrons. The predicted molar refractivity (Wildman–Crippen MR) is 73.7 cm³/mol. The fraction of sp³-hybridized carbons (Fsp3) is 0.200. The van der Waals surface area contributed by atoms with Gasteiger partial charge in [-0.1, -0.05) is 48.0 Å². The molecular weight excluding hydrogens is 246 g/mol. The van der Waals surface area contributed by atoms with E-state index in [9.17, 15) is 5.11 Å². The summed E-state index contributed by atoms with van der Waals surface area (Å²) in [5, 5.41) is 10.1. The first-order valence-corrected chi connectivity index (χ1v) is 6.37. The quantitative estimate of drug-likeness (QED) is 0.894. The molecule has 0 amide bonds. The first kappa shape index (κ1) is 11.6. The van der Waals surface area contributed by atoms with Gasteiger partial charge in [-0.05, 0) is 17.2 Å². The van der Waals surface area contributed by atoms with E-state index < -0.39 is 0 Å². The minimum Gasteiger partial charge on any atom is -0.392 e. The highest BCUT2D eigenvalue weighted by atomic mass is 35.5. The second-order valence-corrected chi connectivity index (χ2v) is 4.94. The Hall–Kier alpha value is -1.51. The van der Waals surface area contributed by atoms with E-state index in [4.69, 9.17) is 11.6 Å². The van der Waals surface area contributed by atoms with Gasteiger partial charge < -0.3 is 10.0 Å². The zero-order valence-electron chi connectivity index (χ0n) is 9.94. The lowest BCUT2D eigenvalue weighted by Crippen LogP contribution is -2.17. The number of nitrogens with zero attached hydrogens (tertiary/aromatic N) is 1. The molecule has 92 valence electrons. The Bertz CT molecular complexity index is 557. The van der Waals surface area contributed by atoms with Crippen molar-refractivity contribution in [2.24, 2.45) is 0 Å². The van der Waals surface area contributed by atoms with Crippen LogP contribution in [0.3, 0.4) is 0 Å². The van der Waals surface area contributed by atoms with E-state index in [0.29, 0.717) is 5.02 Å².